The minimum absolute atomic E-state index is 0.215. The maximum atomic E-state index is 12.6. The number of benzene rings is 1. The number of hydrogen-bond donors (Lipinski definition) is 1. The Labute approximate surface area is 163 Å². The lowest BCUT2D eigenvalue weighted by molar-refractivity contribution is 0.0305. The largest absolute Gasteiger partial charge is 0.379 e. The molecule has 1 aliphatic heterocycles. The maximum Gasteiger partial charge on any atom is 0.273 e. The summed E-state index contributed by atoms with van der Waals surface area (Å²) in [6, 6.07) is 11.2. The monoisotopic (exact) mass is 381 g/mol. The zero-order valence-corrected chi connectivity index (χ0v) is 15.7. The first-order valence-corrected chi connectivity index (χ1v) is 9.36. The van der Waals surface area contributed by atoms with E-state index in [0.717, 1.165) is 24.3 Å². The van der Waals surface area contributed by atoms with Gasteiger partial charge in [-0.15, -0.1) is 0 Å². The number of nitrogens with one attached hydrogen (secondary N) is 1. The number of hydrogen-bond acceptors (Lipinski definition) is 6. The number of carbonyl (C=O) groups excluding carboxylic acids is 1. The van der Waals surface area contributed by atoms with E-state index in [2.05, 4.69) is 20.5 Å². The minimum atomic E-state index is -0.264. The normalized spacial score (nSPS) is 16.0. The fourth-order valence-electron chi connectivity index (χ4n) is 3.30. The SMILES string of the molecule is C[C@@H](NC(=O)c1cc(CN2CCOCC2)on1)c1ccccc1-n1cccn1. The molecule has 3 heterocycles. The average Bonchev–Trinajstić information content (AvgIpc) is 3.41. The van der Waals surface area contributed by atoms with Gasteiger partial charge in [0.05, 0.1) is 31.5 Å². The number of nitrogens with zero attached hydrogens (tertiary/aromatic N) is 4. The quantitative estimate of drug-likeness (QED) is 0.704. The molecule has 2 aromatic heterocycles. The van der Waals surface area contributed by atoms with Gasteiger partial charge in [0.2, 0.25) is 0 Å². The van der Waals surface area contributed by atoms with Crippen molar-refractivity contribution in [1.29, 1.82) is 0 Å². The average molecular weight is 381 g/mol. The standard InChI is InChI=1S/C20H23N5O3/c1-15(17-5-2-3-6-19(17)25-8-4-7-21-25)22-20(26)18-13-16(28-23-18)14-24-9-11-27-12-10-24/h2-8,13,15H,9-12,14H2,1H3,(H,22,26)/t15-/m1/s1. The highest BCUT2D eigenvalue weighted by Crippen LogP contribution is 2.21. The number of morpholine rings is 1. The van der Waals surface area contributed by atoms with Crippen molar-refractivity contribution in [3.63, 3.8) is 0 Å². The lowest BCUT2D eigenvalue weighted by Gasteiger charge is -2.25. The van der Waals surface area contributed by atoms with Crippen molar-refractivity contribution >= 4 is 5.91 Å². The summed E-state index contributed by atoms with van der Waals surface area (Å²) in [5, 5.41) is 11.2. The van der Waals surface area contributed by atoms with Crippen molar-refractivity contribution in [2.45, 2.75) is 19.5 Å². The zero-order chi connectivity index (χ0) is 19.3. The molecule has 0 spiro atoms. The summed E-state index contributed by atoms with van der Waals surface area (Å²) in [6.07, 6.45) is 3.61. The van der Waals surface area contributed by atoms with Gasteiger partial charge in [0, 0.05) is 31.5 Å². The van der Waals surface area contributed by atoms with Crippen LogP contribution >= 0.6 is 0 Å². The van der Waals surface area contributed by atoms with E-state index in [9.17, 15) is 4.79 Å². The van der Waals surface area contributed by atoms with Crippen molar-refractivity contribution in [3.05, 3.63) is 65.8 Å². The lowest BCUT2D eigenvalue weighted by atomic mass is 10.1. The Bertz CT molecular complexity index is 916. The molecule has 0 saturated carbocycles. The smallest absolute Gasteiger partial charge is 0.273 e. The molecule has 1 aliphatic rings. The first-order valence-electron chi connectivity index (χ1n) is 9.36. The molecule has 0 unspecified atom stereocenters. The Kier molecular flexibility index (Phi) is 5.50. The van der Waals surface area contributed by atoms with Gasteiger partial charge in [-0.3, -0.25) is 9.69 Å². The van der Waals surface area contributed by atoms with Crippen LogP contribution in [0.2, 0.25) is 0 Å². The highest BCUT2D eigenvalue weighted by molar-refractivity contribution is 5.92. The third kappa shape index (κ3) is 4.13. The lowest BCUT2D eigenvalue weighted by Crippen LogP contribution is -2.35. The van der Waals surface area contributed by atoms with Crippen LogP contribution in [0.4, 0.5) is 0 Å². The predicted octanol–water partition coefficient (Wildman–Crippen LogP) is 2.18. The van der Waals surface area contributed by atoms with Crippen LogP contribution in [-0.2, 0) is 11.3 Å². The number of amides is 1. The minimum Gasteiger partial charge on any atom is -0.379 e. The molecule has 1 amide bonds. The molecule has 1 fully saturated rings. The molecule has 0 radical (unpaired) electrons. The molecule has 1 N–H and O–H groups in total. The van der Waals surface area contributed by atoms with E-state index in [1.165, 1.54) is 0 Å². The molecule has 1 atom stereocenters. The van der Waals surface area contributed by atoms with Gasteiger partial charge in [-0.05, 0) is 24.6 Å². The van der Waals surface area contributed by atoms with Gasteiger partial charge in [0.1, 0.15) is 0 Å². The Morgan fingerprint density at radius 2 is 2.07 bits per heavy atom. The molecule has 0 bridgehead atoms. The second-order valence-electron chi connectivity index (χ2n) is 6.77. The molecule has 146 valence electrons. The summed E-state index contributed by atoms with van der Waals surface area (Å²) >= 11 is 0. The topological polar surface area (TPSA) is 85.4 Å². The zero-order valence-electron chi connectivity index (χ0n) is 15.7. The van der Waals surface area contributed by atoms with E-state index in [1.807, 2.05) is 43.5 Å². The first-order chi connectivity index (χ1) is 13.7. The summed E-state index contributed by atoms with van der Waals surface area (Å²) < 4.78 is 12.5. The molecule has 1 aromatic carbocycles. The molecule has 28 heavy (non-hydrogen) atoms. The Morgan fingerprint density at radius 1 is 1.25 bits per heavy atom. The summed E-state index contributed by atoms with van der Waals surface area (Å²) in [6.45, 7) is 5.70. The van der Waals surface area contributed by atoms with Gasteiger partial charge in [-0.2, -0.15) is 5.10 Å². The molecular weight excluding hydrogens is 358 g/mol. The van der Waals surface area contributed by atoms with Gasteiger partial charge in [-0.1, -0.05) is 23.4 Å². The Morgan fingerprint density at radius 3 is 2.86 bits per heavy atom. The van der Waals surface area contributed by atoms with Gasteiger partial charge in [0.25, 0.3) is 5.91 Å². The number of rotatable bonds is 6. The van der Waals surface area contributed by atoms with E-state index >= 15 is 0 Å². The molecule has 8 nitrogen and oxygen atoms in total. The third-order valence-corrected chi connectivity index (χ3v) is 4.78. The number of para-hydroxylation sites is 1. The molecule has 4 rings (SSSR count). The molecule has 0 aliphatic carbocycles. The van der Waals surface area contributed by atoms with Crippen LogP contribution in [0.3, 0.4) is 0 Å². The van der Waals surface area contributed by atoms with Crippen molar-refractivity contribution in [2.75, 3.05) is 26.3 Å². The van der Waals surface area contributed by atoms with Gasteiger partial charge >= 0.3 is 0 Å². The van der Waals surface area contributed by atoms with Crippen LogP contribution in [0, 0.1) is 0 Å². The summed E-state index contributed by atoms with van der Waals surface area (Å²) in [5.74, 6) is 0.413. The fourth-order valence-corrected chi connectivity index (χ4v) is 3.30. The molecule has 1 saturated heterocycles. The van der Waals surface area contributed by atoms with Crippen LogP contribution in [-0.4, -0.2) is 52.0 Å². The number of aromatic nitrogens is 3. The fraction of sp³-hybridized carbons (Fsp3) is 0.350. The van der Waals surface area contributed by atoms with E-state index in [4.69, 9.17) is 9.26 Å². The Balaban J connectivity index is 1.43. The molecule has 3 aromatic rings. The highest BCUT2D eigenvalue weighted by atomic mass is 16.5. The van der Waals surface area contributed by atoms with Gasteiger partial charge < -0.3 is 14.6 Å². The van der Waals surface area contributed by atoms with Crippen LogP contribution < -0.4 is 5.32 Å². The van der Waals surface area contributed by atoms with Crippen molar-refractivity contribution in [3.8, 4) is 5.69 Å². The summed E-state index contributed by atoms with van der Waals surface area (Å²) in [7, 11) is 0. The second-order valence-corrected chi connectivity index (χ2v) is 6.77. The molecular formula is C20H23N5O3. The summed E-state index contributed by atoms with van der Waals surface area (Å²) in [5.41, 5.74) is 2.18. The Hall–Kier alpha value is -2.97. The predicted molar refractivity (Wildman–Crippen MR) is 102 cm³/mol. The van der Waals surface area contributed by atoms with E-state index < -0.39 is 0 Å². The van der Waals surface area contributed by atoms with Crippen molar-refractivity contribution in [1.82, 2.24) is 25.2 Å². The van der Waals surface area contributed by atoms with Crippen molar-refractivity contribution in [2.24, 2.45) is 0 Å². The number of carbonyl (C=O) groups is 1. The highest BCUT2D eigenvalue weighted by Gasteiger charge is 2.20. The van der Waals surface area contributed by atoms with Gasteiger partial charge in [-0.25, -0.2) is 4.68 Å². The summed E-state index contributed by atoms with van der Waals surface area (Å²) in [4.78, 5) is 14.9. The molecule has 8 heteroatoms. The number of ether oxygens (including phenoxy) is 1. The maximum absolute atomic E-state index is 12.6. The van der Waals surface area contributed by atoms with Gasteiger partial charge in [0.15, 0.2) is 11.5 Å². The first kappa shape index (κ1) is 18.4. The van der Waals surface area contributed by atoms with Crippen molar-refractivity contribution < 1.29 is 14.1 Å². The van der Waals surface area contributed by atoms with Crippen LogP contribution in [0.5, 0.6) is 0 Å². The van der Waals surface area contributed by atoms with E-state index in [-0.39, 0.29) is 17.6 Å². The second kappa shape index (κ2) is 8.37. The third-order valence-electron chi connectivity index (χ3n) is 4.78. The van der Waals surface area contributed by atoms with Crippen LogP contribution in [0.1, 0.15) is 34.8 Å². The van der Waals surface area contributed by atoms with E-state index in [1.54, 1.807) is 16.9 Å². The van der Waals surface area contributed by atoms with E-state index in [0.29, 0.717) is 25.5 Å². The van der Waals surface area contributed by atoms with Crippen LogP contribution in [0.25, 0.3) is 5.69 Å². The van der Waals surface area contributed by atoms with Crippen LogP contribution in [0.15, 0.2) is 53.3 Å².